The summed E-state index contributed by atoms with van der Waals surface area (Å²) in [6.07, 6.45) is 1.01. The zero-order valence-electron chi connectivity index (χ0n) is 18.3. The number of hydrogen-bond donors (Lipinski definition) is 2. The van der Waals surface area contributed by atoms with E-state index in [1.54, 1.807) is 55.5 Å². The average Bonchev–Trinajstić information content (AvgIpc) is 3.09. The van der Waals surface area contributed by atoms with Gasteiger partial charge in [-0.2, -0.15) is 0 Å². The Kier molecular flexibility index (Phi) is 7.87. The fourth-order valence-electron chi connectivity index (χ4n) is 3.37. The maximum atomic E-state index is 12.7. The third-order valence-corrected chi connectivity index (χ3v) is 6.90. The van der Waals surface area contributed by atoms with E-state index in [-0.39, 0.29) is 24.0 Å². The Morgan fingerprint density at radius 1 is 1.00 bits per heavy atom. The van der Waals surface area contributed by atoms with E-state index in [4.69, 9.17) is 4.74 Å². The van der Waals surface area contributed by atoms with Crippen LogP contribution in [0.15, 0.2) is 53.4 Å². The smallest absolute Gasteiger partial charge is 0.251 e. The fraction of sp³-hybridized carbons (Fsp3) is 0.391. The number of anilines is 2. The molecule has 2 aromatic carbocycles. The minimum Gasteiger partial charge on any atom is -0.494 e. The molecule has 1 aliphatic rings. The largest absolute Gasteiger partial charge is 0.494 e. The number of ether oxygens (including phenoxy) is 1. The Hall–Kier alpha value is -2.91. The minimum atomic E-state index is -3.22. The van der Waals surface area contributed by atoms with Crippen LogP contribution in [0.5, 0.6) is 5.75 Å². The molecule has 32 heavy (non-hydrogen) atoms. The summed E-state index contributed by atoms with van der Waals surface area (Å²) < 4.78 is 29.3. The van der Waals surface area contributed by atoms with E-state index in [9.17, 15) is 18.0 Å². The molecule has 1 atom stereocenters. The van der Waals surface area contributed by atoms with Crippen molar-refractivity contribution in [1.82, 2.24) is 5.32 Å². The van der Waals surface area contributed by atoms with Gasteiger partial charge in [-0.1, -0.05) is 13.8 Å². The third kappa shape index (κ3) is 5.66. The van der Waals surface area contributed by atoms with Crippen molar-refractivity contribution in [3.8, 4) is 5.75 Å². The number of imide groups is 1. The van der Waals surface area contributed by atoms with E-state index in [0.717, 1.165) is 12.1 Å². The highest BCUT2D eigenvalue weighted by molar-refractivity contribution is 7.91. The first-order chi connectivity index (χ1) is 15.4. The zero-order valence-corrected chi connectivity index (χ0v) is 19.2. The molecule has 0 aliphatic carbocycles. The van der Waals surface area contributed by atoms with Crippen molar-refractivity contribution in [1.29, 1.82) is 0 Å². The van der Waals surface area contributed by atoms with Crippen LogP contribution < -0.4 is 20.3 Å². The highest BCUT2D eigenvalue weighted by Crippen LogP contribution is 2.25. The summed E-state index contributed by atoms with van der Waals surface area (Å²) >= 11 is 0. The number of hydrogen-bond acceptors (Lipinski definition) is 7. The SMILES string of the molecule is CCCOc1ccc(N2C(=O)C[C@@H](NCCNc3ccc(S(=O)(=O)CC)cc3)C2=O)cc1. The average molecular weight is 460 g/mol. The molecular weight excluding hydrogens is 430 g/mol. The quantitative estimate of drug-likeness (QED) is 0.393. The van der Waals surface area contributed by atoms with E-state index in [1.165, 1.54) is 4.90 Å². The van der Waals surface area contributed by atoms with Crippen molar-refractivity contribution in [2.75, 3.05) is 35.7 Å². The molecule has 2 N–H and O–H groups in total. The summed E-state index contributed by atoms with van der Waals surface area (Å²) in [5.41, 5.74) is 1.32. The molecule has 172 valence electrons. The summed E-state index contributed by atoms with van der Waals surface area (Å²) in [5.74, 6) is 0.253. The first-order valence-electron chi connectivity index (χ1n) is 10.8. The number of sulfone groups is 1. The van der Waals surface area contributed by atoms with Gasteiger partial charge in [0.25, 0.3) is 5.91 Å². The number of rotatable bonds is 11. The topological polar surface area (TPSA) is 105 Å². The fourth-order valence-corrected chi connectivity index (χ4v) is 4.26. The summed E-state index contributed by atoms with van der Waals surface area (Å²) in [6, 6.07) is 12.9. The Bertz CT molecular complexity index is 1040. The molecule has 3 rings (SSSR count). The molecule has 0 unspecified atom stereocenters. The van der Waals surface area contributed by atoms with Gasteiger partial charge >= 0.3 is 0 Å². The number of carbonyl (C=O) groups is 2. The van der Waals surface area contributed by atoms with Gasteiger partial charge in [0.2, 0.25) is 5.91 Å². The predicted molar refractivity (Wildman–Crippen MR) is 124 cm³/mol. The van der Waals surface area contributed by atoms with E-state index >= 15 is 0 Å². The molecule has 0 radical (unpaired) electrons. The molecule has 1 heterocycles. The number of nitrogens with one attached hydrogen (secondary N) is 2. The van der Waals surface area contributed by atoms with Crippen molar-refractivity contribution in [2.24, 2.45) is 0 Å². The van der Waals surface area contributed by atoms with Gasteiger partial charge in [0.15, 0.2) is 9.84 Å². The monoisotopic (exact) mass is 459 g/mol. The van der Waals surface area contributed by atoms with Gasteiger partial charge in [-0.25, -0.2) is 13.3 Å². The molecule has 0 aromatic heterocycles. The molecule has 2 aromatic rings. The van der Waals surface area contributed by atoms with Crippen LogP contribution in [0.4, 0.5) is 11.4 Å². The summed E-state index contributed by atoms with van der Waals surface area (Å²) in [4.78, 5) is 26.7. The molecule has 1 aliphatic heterocycles. The number of carbonyl (C=O) groups excluding carboxylic acids is 2. The second-order valence-corrected chi connectivity index (χ2v) is 9.75. The lowest BCUT2D eigenvalue weighted by atomic mass is 10.2. The van der Waals surface area contributed by atoms with Gasteiger partial charge in [-0.15, -0.1) is 0 Å². The highest BCUT2D eigenvalue weighted by Gasteiger charge is 2.39. The van der Waals surface area contributed by atoms with Crippen LogP contribution in [0.2, 0.25) is 0 Å². The highest BCUT2D eigenvalue weighted by atomic mass is 32.2. The molecule has 0 bridgehead atoms. The molecule has 0 spiro atoms. The summed E-state index contributed by atoms with van der Waals surface area (Å²) in [6.45, 7) is 5.23. The van der Waals surface area contributed by atoms with Gasteiger partial charge in [-0.05, 0) is 55.0 Å². The van der Waals surface area contributed by atoms with E-state index in [1.807, 2.05) is 6.92 Å². The first-order valence-corrected chi connectivity index (χ1v) is 12.4. The second kappa shape index (κ2) is 10.6. The Morgan fingerprint density at radius 2 is 1.69 bits per heavy atom. The normalized spacial score (nSPS) is 16.4. The molecule has 8 nitrogen and oxygen atoms in total. The van der Waals surface area contributed by atoms with Crippen molar-refractivity contribution in [3.63, 3.8) is 0 Å². The van der Waals surface area contributed by atoms with E-state index in [0.29, 0.717) is 36.0 Å². The van der Waals surface area contributed by atoms with Gasteiger partial charge < -0.3 is 15.4 Å². The van der Waals surface area contributed by atoms with E-state index in [2.05, 4.69) is 10.6 Å². The number of nitrogens with zero attached hydrogens (tertiary/aromatic N) is 1. The second-order valence-electron chi connectivity index (χ2n) is 7.48. The van der Waals surface area contributed by atoms with Crippen LogP contribution in [0.3, 0.4) is 0 Å². The number of amides is 2. The zero-order chi connectivity index (χ0) is 23.1. The van der Waals surface area contributed by atoms with Gasteiger partial charge in [0, 0.05) is 18.8 Å². The molecule has 0 saturated carbocycles. The molecule has 1 saturated heterocycles. The maximum Gasteiger partial charge on any atom is 0.251 e. The van der Waals surface area contributed by atoms with Gasteiger partial charge in [-0.3, -0.25) is 9.59 Å². The van der Waals surface area contributed by atoms with Crippen molar-refractivity contribution in [2.45, 2.75) is 37.6 Å². The van der Waals surface area contributed by atoms with E-state index < -0.39 is 15.9 Å². The van der Waals surface area contributed by atoms with Crippen LogP contribution >= 0.6 is 0 Å². The van der Waals surface area contributed by atoms with Gasteiger partial charge in [0.05, 0.1) is 35.4 Å². The summed E-state index contributed by atoms with van der Waals surface area (Å²) in [5, 5.41) is 6.30. The minimum absolute atomic E-state index is 0.0611. The lowest BCUT2D eigenvalue weighted by Gasteiger charge is -2.16. The Balaban J connectivity index is 1.49. The van der Waals surface area contributed by atoms with Crippen molar-refractivity contribution < 1.29 is 22.7 Å². The molecular formula is C23H29N3O5S. The van der Waals surface area contributed by atoms with Crippen molar-refractivity contribution >= 4 is 33.0 Å². The Morgan fingerprint density at radius 3 is 2.31 bits per heavy atom. The summed E-state index contributed by atoms with van der Waals surface area (Å²) in [7, 11) is -3.22. The molecule has 9 heteroatoms. The van der Waals surface area contributed by atoms with Crippen LogP contribution in [-0.2, 0) is 19.4 Å². The molecule has 1 fully saturated rings. The number of benzene rings is 2. The lowest BCUT2D eigenvalue weighted by Crippen LogP contribution is -2.40. The van der Waals surface area contributed by atoms with Crippen LogP contribution in [-0.4, -0.2) is 51.7 Å². The first kappa shape index (κ1) is 23.7. The standard InChI is InChI=1S/C23H29N3O5S/c1-3-15-31-19-9-7-18(8-10-19)26-22(27)16-21(23(26)28)25-14-13-24-17-5-11-20(12-6-17)32(29,30)4-2/h5-12,21,24-25H,3-4,13-16H2,1-2H3/t21-/m1/s1. The van der Waals surface area contributed by atoms with Crippen LogP contribution in [0, 0.1) is 0 Å². The van der Waals surface area contributed by atoms with Crippen molar-refractivity contribution in [3.05, 3.63) is 48.5 Å². The van der Waals surface area contributed by atoms with Crippen LogP contribution in [0.1, 0.15) is 26.7 Å². The maximum absolute atomic E-state index is 12.7. The molecule has 2 amide bonds. The third-order valence-electron chi connectivity index (χ3n) is 5.15. The predicted octanol–water partition coefficient (Wildman–Crippen LogP) is 2.60. The van der Waals surface area contributed by atoms with Gasteiger partial charge in [0.1, 0.15) is 5.75 Å². The Labute approximate surface area is 188 Å². The van der Waals surface area contributed by atoms with Crippen LogP contribution in [0.25, 0.3) is 0 Å². The lowest BCUT2D eigenvalue weighted by molar-refractivity contribution is -0.121.